The first-order chi connectivity index (χ1) is 16.2. The molecule has 0 aromatic heterocycles. The first kappa shape index (κ1) is 27.8. The fraction of sp³-hybridized carbons (Fsp3) is 0.519. The number of alkyl carbamates (subject to hydrolysis) is 1. The summed E-state index contributed by atoms with van der Waals surface area (Å²) in [4.78, 5) is 37.5. The number of nitrogens with one attached hydrogen (secondary N) is 2. The maximum absolute atomic E-state index is 12.8. The molecule has 8 heteroatoms. The van der Waals surface area contributed by atoms with E-state index in [9.17, 15) is 19.5 Å². The fourth-order valence-electron chi connectivity index (χ4n) is 3.24. The van der Waals surface area contributed by atoms with Crippen molar-refractivity contribution in [3.63, 3.8) is 0 Å². The Kier molecular flexibility index (Phi) is 8.59. The number of carbonyl (C=O) groups is 3. The van der Waals surface area contributed by atoms with Gasteiger partial charge in [-0.25, -0.2) is 9.59 Å². The molecule has 3 N–H and O–H groups in total. The Morgan fingerprint density at radius 2 is 1.77 bits per heavy atom. The molecule has 1 fully saturated rings. The molecule has 2 amide bonds. The molecule has 0 unspecified atom stereocenters. The van der Waals surface area contributed by atoms with E-state index < -0.39 is 35.2 Å². The van der Waals surface area contributed by atoms with Gasteiger partial charge in [0.25, 0.3) is 5.91 Å². The van der Waals surface area contributed by atoms with Gasteiger partial charge >= 0.3 is 12.1 Å². The quantitative estimate of drug-likeness (QED) is 0.424. The number of carbonyl (C=O) groups excluding carboxylic acids is 3. The average molecular weight is 483 g/mol. The summed E-state index contributed by atoms with van der Waals surface area (Å²) in [7, 11) is 1.20. The van der Waals surface area contributed by atoms with Crippen LogP contribution in [0, 0.1) is 35.0 Å². The van der Waals surface area contributed by atoms with E-state index >= 15 is 0 Å². The van der Waals surface area contributed by atoms with Crippen molar-refractivity contribution < 1.29 is 29.0 Å². The predicted molar refractivity (Wildman–Crippen MR) is 131 cm³/mol. The van der Waals surface area contributed by atoms with E-state index in [-0.39, 0.29) is 17.9 Å². The predicted octanol–water partition coefficient (Wildman–Crippen LogP) is 2.63. The lowest BCUT2D eigenvalue weighted by molar-refractivity contribution is -0.144. The van der Waals surface area contributed by atoms with Crippen molar-refractivity contribution in [2.45, 2.75) is 65.1 Å². The lowest BCUT2D eigenvalue weighted by atomic mass is 9.94. The Balaban J connectivity index is 2.07. The highest BCUT2D eigenvalue weighted by molar-refractivity contribution is 5.97. The number of benzene rings is 1. The summed E-state index contributed by atoms with van der Waals surface area (Å²) in [5, 5.41) is 14.5. The number of amides is 2. The third-order valence-electron chi connectivity index (χ3n) is 5.63. The molecule has 1 saturated carbocycles. The van der Waals surface area contributed by atoms with Crippen molar-refractivity contribution in [1.29, 1.82) is 0 Å². The summed E-state index contributed by atoms with van der Waals surface area (Å²) < 4.78 is 10.1. The van der Waals surface area contributed by atoms with Crippen molar-refractivity contribution >= 4 is 18.0 Å². The minimum Gasteiger partial charge on any atom is -0.467 e. The molecule has 0 spiro atoms. The Morgan fingerprint density at radius 3 is 2.29 bits per heavy atom. The number of esters is 1. The molecule has 0 radical (unpaired) electrons. The smallest absolute Gasteiger partial charge is 0.408 e. The summed E-state index contributed by atoms with van der Waals surface area (Å²) in [5.41, 5.74) is -1.06. The Labute approximate surface area is 207 Å². The molecule has 2 rings (SSSR count). The Morgan fingerprint density at radius 1 is 1.14 bits per heavy atom. The van der Waals surface area contributed by atoms with Gasteiger partial charge in [0.1, 0.15) is 11.6 Å². The molecule has 1 aliphatic rings. The Hall–Kier alpha value is -3.49. The highest BCUT2D eigenvalue weighted by atomic mass is 16.6. The van der Waals surface area contributed by atoms with Gasteiger partial charge in [-0.15, -0.1) is 0 Å². The van der Waals surface area contributed by atoms with Crippen LogP contribution in [-0.2, 0) is 14.3 Å². The van der Waals surface area contributed by atoms with Gasteiger partial charge in [0, 0.05) is 29.1 Å². The molecule has 188 valence electrons. The molecule has 8 nitrogen and oxygen atoms in total. The van der Waals surface area contributed by atoms with Crippen LogP contribution in [0.4, 0.5) is 4.79 Å². The molecule has 35 heavy (non-hydrogen) atoms. The summed E-state index contributed by atoms with van der Waals surface area (Å²) in [6.45, 7) is 10.4. The van der Waals surface area contributed by atoms with Gasteiger partial charge in [-0.05, 0) is 77.1 Å². The monoisotopic (exact) mass is 482 g/mol. The largest absolute Gasteiger partial charge is 0.467 e. The minimum absolute atomic E-state index is 0.108. The number of rotatable bonds is 6. The van der Waals surface area contributed by atoms with Gasteiger partial charge in [0.2, 0.25) is 0 Å². The number of hydrogen-bond donors (Lipinski definition) is 3. The summed E-state index contributed by atoms with van der Waals surface area (Å²) in [6.07, 6.45) is 0.151. The third kappa shape index (κ3) is 8.05. The third-order valence-corrected chi connectivity index (χ3v) is 5.63. The minimum atomic E-state index is -1.21. The fourth-order valence-corrected chi connectivity index (χ4v) is 3.24. The molecule has 1 aromatic carbocycles. The average Bonchev–Trinajstić information content (AvgIpc) is 3.43. The molecule has 0 heterocycles. The number of hydrogen-bond acceptors (Lipinski definition) is 6. The van der Waals surface area contributed by atoms with E-state index in [1.165, 1.54) is 7.11 Å². The van der Waals surface area contributed by atoms with Crippen LogP contribution in [0.1, 0.15) is 63.9 Å². The number of aliphatic hydroxyl groups excluding tert-OH is 1. The van der Waals surface area contributed by atoms with Crippen molar-refractivity contribution in [3.8, 4) is 23.7 Å². The van der Waals surface area contributed by atoms with E-state index in [1.807, 2.05) is 6.92 Å². The van der Waals surface area contributed by atoms with E-state index in [1.54, 1.807) is 58.9 Å². The van der Waals surface area contributed by atoms with Crippen molar-refractivity contribution in [1.82, 2.24) is 10.6 Å². The molecule has 1 aromatic rings. The van der Waals surface area contributed by atoms with Crippen LogP contribution in [0.5, 0.6) is 0 Å². The van der Waals surface area contributed by atoms with Gasteiger partial charge in [-0.1, -0.05) is 18.8 Å². The summed E-state index contributed by atoms with van der Waals surface area (Å²) >= 11 is 0. The van der Waals surface area contributed by atoms with Gasteiger partial charge in [0.05, 0.1) is 12.6 Å². The number of aliphatic hydroxyl groups is 1. The normalized spacial score (nSPS) is 19.6. The van der Waals surface area contributed by atoms with Crippen LogP contribution in [0.3, 0.4) is 0 Å². The SMILES string of the molecule is COC(=O)[C@@H](NC(=O)c1ccc(C#CC#C[C@@H]2C[C@@]2(C)CO)cc1)C(C)(C)NC(=O)OC(C)(C)C. The number of methoxy groups -OCH3 is 1. The maximum atomic E-state index is 12.8. The van der Waals surface area contributed by atoms with E-state index in [4.69, 9.17) is 9.47 Å². The van der Waals surface area contributed by atoms with Gasteiger partial charge in [-0.2, -0.15) is 0 Å². The van der Waals surface area contributed by atoms with Crippen molar-refractivity contribution in [3.05, 3.63) is 35.4 Å². The van der Waals surface area contributed by atoms with Crippen LogP contribution >= 0.6 is 0 Å². The Bertz CT molecular complexity index is 1080. The zero-order valence-electron chi connectivity index (χ0n) is 21.4. The molecular weight excluding hydrogens is 448 g/mol. The topological polar surface area (TPSA) is 114 Å². The molecule has 0 saturated heterocycles. The van der Waals surface area contributed by atoms with E-state index in [0.29, 0.717) is 11.1 Å². The zero-order valence-corrected chi connectivity index (χ0v) is 21.4. The number of ether oxygens (including phenoxy) is 2. The van der Waals surface area contributed by atoms with Gasteiger partial charge < -0.3 is 25.2 Å². The van der Waals surface area contributed by atoms with Crippen LogP contribution < -0.4 is 10.6 Å². The first-order valence-corrected chi connectivity index (χ1v) is 11.3. The highest BCUT2D eigenvalue weighted by Gasteiger charge is 2.48. The standard InChI is InChI=1S/C27H34N2O6/c1-25(2,3)35-24(33)29-26(4,5)21(23(32)34-7)28-22(31)19-14-12-18(13-15-19)10-8-9-11-20-16-27(20,6)17-30/h12-15,20-21,30H,16-17H2,1-7H3,(H,28,31)(H,29,33)/t20-,21-,27+/m1/s1. The van der Waals surface area contributed by atoms with Crippen molar-refractivity contribution in [2.24, 2.45) is 11.3 Å². The van der Waals surface area contributed by atoms with Crippen molar-refractivity contribution in [2.75, 3.05) is 13.7 Å². The lowest BCUT2D eigenvalue weighted by Crippen LogP contribution is -2.62. The van der Waals surface area contributed by atoms with E-state index in [0.717, 1.165) is 6.42 Å². The van der Waals surface area contributed by atoms with Crippen LogP contribution in [0.2, 0.25) is 0 Å². The molecular formula is C27H34N2O6. The zero-order chi connectivity index (χ0) is 26.4. The lowest BCUT2D eigenvalue weighted by Gasteiger charge is -2.34. The second kappa shape index (κ2) is 10.8. The summed E-state index contributed by atoms with van der Waals surface area (Å²) in [6, 6.07) is 5.35. The molecule has 1 aliphatic carbocycles. The second-order valence-electron chi connectivity index (χ2n) is 10.4. The van der Waals surface area contributed by atoms with E-state index in [2.05, 4.69) is 34.3 Å². The van der Waals surface area contributed by atoms with Gasteiger partial charge in [0.15, 0.2) is 0 Å². The molecule has 0 aliphatic heterocycles. The first-order valence-electron chi connectivity index (χ1n) is 11.3. The second-order valence-corrected chi connectivity index (χ2v) is 10.4. The van der Waals surface area contributed by atoms with Crippen LogP contribution in [-0.4, -0.2) is 54.0 Å². The molecule has 3 atom stereocenters. The summed E-state index contributed by atoms with van der Waals surface area (Å²) in [5.74, 6) is 10.5. The van der Waals surface area contributed by atoms with Gasteiger partial charge in [-0.3, -0.25) is 4.79 Å². The highest BCUT2D eigenvalue weighted by Crippen LogP contribution is 2.51. The maximum Gasteiger partial charge on any atom is 0.408 e. The molecule has 0 bridgehead atoms. The van der Waals surface area contributed by atoms with Crippen LogP contribution in [0.25, 0.3) is 0 Å². The van der Waals surface area contributed by atoms with Crippen LogP contribution in [0.15, 0.2) is 24.3 Å².